The maximum absolute atomic E-state index is 10.8. The number of hydrogen-bond acceptors (Lipinski definition) is 37. The van der Waals surface area contributed by atoms with Crippen LogP contribution in [-0.2, 0) is 171 Å². The standard InChI is InChI=1S/C9H16O4.C8H14O5.C8H16O4.C8H16O3.C8H14O3.C7H12O4.C7H14O3.C6H10O3.C6H12O3.2C6H12O2.C6H14O/c1-3-12-8(10)6-5-7-9(11)13-4-2;1-3-12-7(9)5-11-6-8(10)13-4-2;1-3-11-6-7(9)5-8(10)12-4-2;2*1-3-10-7-5-6-8(9)11-4-2;1-3-10-6(8)5-7(9)11-4-2;1-3-9-6-5-7(8)10-4-2;1-3-9-6(8)4-5(2)7;1-3-8-5-6(7)9-4-2;1-3-8-5-4-6(2)7;1-3-5-6(7)8-4-2;1-3-5-6-7-4-2/h3-7H2,1-2H3;3-6H2,1-2H3;7,9H,3-6H2,1-2H3;3-7H2,1-2H3;5,7H,3-4,6H2,1-2H3;3-5H2,1-2H3;3-6H2,1-2H3;3-4H2,1-2H3;3-5H2,1-2H3;2*3-5H2,1-2H3;3-6H2,1-2H3/b;;;;7-5+;;;;;;;. The van der Waals surface area contributed by atoms with E-state index in [9.17, 15) is 71.9 Å². The van der Waals surface area contributed by atoms with Crippen LogP contribution >= 0.6 is 0 Å². The second-order valence-electron chi connectivity index (χ2n) is 22.2. The zero-order valence-electron chi connectivity index (χ0n) is 78.8. The van der Waals surface area contributed by atoms with E-state index in [-0.39, 0.29) is 137 Å². The molecule has 0 aliphatic rings. The van der Waals surface area contributed by atoms with Gasteiger partial charge in [-0.15, -0.1) is 0 Å². The minimum absolute atomic E-state index is 0.00778. The van der Waals surface area contributed by atoms with Gasteiger partial charge in [0, 0.05) is 85.0 Å². The summed E-state index contributed by atoms with van der Waals surface area (Å²) in [6.45, 7) is 55.1. The lowest BCUT2D eigenvalue weighted by Crippen LogP contribution is -2.20. The predicted molar refractivity (Wildman–Crippen MR) is 455 cm³/mol. The molecule has 0 aromatic rings. The van der Waals surface area contributed by atoms with Crippen molar-refractivity contribution in [3.05, 3.63) is 12.3 Å². The first-order valence-electron chi connectivity index (χ1n) is 42.2. The lowest BCUT2D eigenvalue weighted by molar-refractivity contribution is -0.156. The molecule has 0 aromatic heterocycles. The fourth-order valence-corrected chi connectivity index (χ4v) is 6.48. The van der Waals surface area contributed by atoms with Crippen molar-refractivity contribution in [3.8, 4) is 0 Å². The molecule has 0 aliphatic carbocycles. The third-order valence-corrected chi connectivity index (χ3v) is 11.5. The Kier molecular flexibility index (Phi) is 144. The Bertz CT molecular complexity index is 2320. The Morgan fingerprint density at radius 1 is 0.246 bits per heavy atom. The number of rotatable bonds is 56. The van der Waals surface area contributed by atoms with Crippen molar-refractivity contribution in [2.75, 3.05) is 185 Å². The third kappa shape index (κ3) is 163. The van der Waals surface area contributed by atoms with Crippen LogP contribution in [-0.4, -0.2) is 285 Å². The number of carbonyl (C=O) groups excluding carboxylic acids is 15. The summed E-state index contributed by atoms with van der Waals surface area (Å²) in [6, 6.07) is 0. The van der Waals surface area contributed by atoms with Gasteiger partial charge in [0.1, 0.15) is 44.2 Å². The molecule has 1 unspecified atom stereocenters. The number of unbranched alkanes of at least 4 members (excludes halogenated alkanes) is 1. The van der Waals surface area contributed by atoms with Crippen molar-refractivity contribution >= 4 is 89.2 Å². The molecule has 0 aliphatic heterocycles. The van der Waals surface area contributed by atoms with Crippen LogP contribution in [0, 0.1) is 0 Å². The van der Waals surface area contributed by atoms with Crippen molar-refractivity contribution in [1.82, 2.24) is 0 Å². The normalized spacial score (nSPS) is 9.61. The van der Waals surface area contributed by atoms with Gasteiger partial charge in [0.25, 0.3) is 0 Å². The van der Waals surface area contributed by atoms with Crippen LogP contribution in [0.4, 0.5) is 0 Å². The monoisotopic (exact) mass is 1780 g/mol. The summed E-state index contributed by atoms with van der Waals surface area (Å²) in [5, 5.41) is 9.15. The van der Waals surface area contributed by atoms with Crippen molar-refractivity contribution in [2.24, 2.45) is 0 Å². The maximum atomic E-state index is 10.8. The van der Waals surface area contributed by atoms with E-state index in [2.05, 4.69) is 54.3 Å². The molecule has 122 heavy (non-hydrogen) atoms. The molecule has 0 aromatic carbocycles. The zero-order valence-corrected chi connectivity index (χ0v) is 78.8. The number of aliphatic hydroxyl groups is 1. The summed E-state index contributed by atoms with van der Waals surface area (Å²) in [5.74, 6) is -4.25. The fraction of sp³-hybridized carbons (Fsp3) is 0.800. The van der Waals surface area contributed by atoms with Gasteiger partial charge >= 0.3 is 77.6 Å². The molecule has 0 amide bonds. The number of Topliss-reactive ketones (excluding diaryl/α,β-unsaturated/α-hetero) is 2. The van der Waals surface area contributed by atoms with Gasteiger partial charge < -0.3 is 105 Å². The molecule has 0 saturated carbocycles. The third-order valence-electron chi connectivity index (χ3n) is 11.5. The molecule has 37 heteroatoms. The Hall–Kier alpha value is -8.33. The van der Waals surface area contributed by atoms with E-state index in [4.69, 9.17) is 57.2 Å². The molecular weight excluding hydrogens is 1610 g/mol. The van der Waals surface area contributed by atoms with Gasteiger partial charge in [-0.3, -0.25) is 57.5 Å². The highest BCUT2D eigenvalue weighted by Crippen LogP contribution is 2.01. The second kappa shape index (κ2) is 126. The van der Waals surface area contributed by atoms with Gasteiger partial charge in [-0.05, 0) is 184 Å². The summed E-state index contributed by atoms with van der Waals surface area (Å²) < 4.78 is 99.3. The molecule has 0 fully saturated rings. The first-order valence-corrected chi connectivity index (χ1v) is 42.2. The van der Waals surface area contributed by atoms with Crippen LogP contribution in [0.5, 0.6) is 0 Å². The Morgan fingerprint density at radius 2 is 0.541 bits per heavy atom. The van der Waals surface area contributed by atoms with Gasteiger partial charge in [-0.2, -0.15) is 0 Å². The topological polar surface area (TPSA) is 470 Å². The first kappa shape index (κ1) is 140. The number of esters is 13. The van der Waals surface area contributed by atoms with Crippen LogP contribution in [0.3, 0.4) is 0 Å². The molecule has 0 radical (unpaired) electrons. The van der Waals surface area contributed by atoms with Crippen LogP contribution in [0.1, 0.15) is 262 Å². The highest BCUT2D eigenvalue weighted by atomic mass is 16.6. The summed E-state index contributed by atoms with van der Waals surface area (Å²) >= 11 is 0. The molecule has 0 rings (SSSR count). The summed E-state index contributed by atoms with van der Waals surface area (Å²) in [6.07, 6.45) is 9.37. The zero-order chi connectivity index (χ0) is 95.9. The SMILES string of the molecule is CCCC(=O)OCC.CCCCOCC.CCO/C=C/CC(=O)OCC.CCOC(=O)CC(=O)OCC.CCOC(=O)CC(C)=O.CCOC(=O)CCCC(=O)OCC.CCOC(=O)COCC(=O)OCC.CCOCC(=O)OCC.CCOCC(O)CC(=O)OCC.CCOCCC(=O)OCC.CCOCCC(C)=O.CCOCCCC(=O)OCC. The fourth-order valence-electron chi connectivity index (χ4n) is 6.48. The van der Waals surface area contributed by atoms with Crippen LogP contribution in [0.15, 0.2) is 12.3 Å². The summed E-state index contributed by atoms with van der Waals surface area (Å²) in [5.41, 5.74) is 0. The average Bonchev–Trinajstić information content (AvgIpc) is 1.01. The van der Waals surface area contributed by atoms with Crippen molar-refractivity contribution in [3.63, 3.8) is 0 Å². The molecule has 37 nitrogen and oxygen atoms in total. The molecule has 0 heterocycles. The number of hydrogen-bond donors (Lipinski definition) is 1. The van der Waals surface area contributed by atoms with E-state index >= 15 is 0 Å². The molecule has 724 valence electrons. The maximum Gasteiger partial charge on any atom is 0.332 e. The number of ketones is 2. The van der Waals surface area contributed by atoms with Crippen molar-refractivity contribution < 1.29 is 176 Å². The number of ether oxygens (including phenoxy) is 21. The lowest BCUT2D eigenvalue weighted by atomic mass is 10.2. The summed E-state index contributed by atoms with van der Waals surface area (Å²) in [4.78, 5) is 159. The second-order valence-corrected chi connectivity index (χ2v) is 22.2. The molecule has 1 N–H and O–H groups in total. The lowest BCUT2D eigenvalue weighted by Gasteiger charge is -2.08. The highest BCUT2D eigenvalue weighted by molar-refractivity contribution is 5.94. The Morgan fingerprint density at radius 3 is 0.877 bits per heavy atom. The molecular formula is C85H162O37. The van der Waals surface area contributed by atoms with Gasteiger partial charge in [0.15, 0.2) is 0 Å². The molecule has 1 atom stereocenters. The van der Waals surface area contributed by atoms with Crippen LogP contribution < -0.4 is 0 Å². The van der Waals surface area contributed by atoms with Gasteiger partial charge in [-0.1, -0.05) is 20.3 Å². The Balaban J connectivity index is -0.000000109. The van der Waals surface area contributed by atoms with Gasteiger partial charge in [0.05, 0.1) is 144 Å². The predicted octanol–water partition coefficient (Wildman–Crippen LogP) is 11.4. The number of aliphatic hydroxyl groups excluding tert-OH is 1. The molecule has 0 bridgehead atoms. The van der Waals surface area contributed by atoms with E-state index in [1.165, 1.54) is 26.0 Å². The van der Waals surface area contributed by atoms with Crippen LogP contribution in [0.2, 0.25) is 0 Å². The first-order chi connectivity index (χ1) is 58.2. The van der Waals surface area contributed by atoms with E-state index < -0.39 is 36.0 Å². The molecule has 0 saturated heterocycles. The van der Waals surface area contributed by atoms with Crippen molar-refractivity contribution in [1.29, 1.82) is 0 Å². The quantitative estimate of drug-likeness (QED) is 0.0194. The van der Waals surface area contributed by atoms with Crippen LogP contribution in [0.25, 0.3) is 0 Å². The van der Waals surface area contributed by atoms with E-state index in [0.717, 1.165) is 26.1 Å². The minimum atomic E-state index is -0.746. The van der Waals surface area contributed by atoms with E-state index in [0.29, 0.717) is 164 Å². The average molecular weight is 1780 g/mol. The van der Waals surface area contributed by atoms with Gasteiger partial charge in [0.2, 0.25) is 0 Å². The highest BCUT2D eigenvalue weighted by Gasteiger charge is 2.13. The van der Waals surface area contributed by atoms with Crippen molar-refractivity contribution in [2.45, 2.75) is 269 Å². The number of carbonyl (C=O) groups is 15. The largest absolute Gasteiger partial charge is 0.502 e. The Labute approximate surface area is 728 Å². The summed E-state index contributed by atoms with van der Waals surface area (Å²) in [7, 11) is 0. The smallest absolute Gasteiger partial charge is 0.332 e. The van der Waals surface area contributed by atoms with Gasteiger partial charge in [-0.25, -0.2) is 14.4 Å². The minimum Gasteiger partial charge on any atom is -0.502 e. The molecule has 0 spiro atoms. The van der Waals surface area contributed by atoms with E-state index in [1.807, 2.05) is 62.3 Å². The van der Waals surface area contributed by atoms with E-state index in [1.54, 1.807) is 96.1 Å².